The smallest absolute Gasteiger partial charge is 0.418 e. The van der Waals surface area contributed by atoms with E-state index in [1.54, 1.807) is 42.1 Å². The second kappa shape index (κ2) is 12.2. The van der Waals surface area contributed by atoms with E-state index in [9.17, 15) is 22.8 Å². The number of amides is 3. The van der Waals surface area contributed by atoms with Crippen molar-refractivity contribution in [1.82, 2.24) is 14.7 Å². The summed E-state index contributed by atoms with van der Waals surface area (Å²) in [5, 5.41) is 9.70. The van der Waals surface area contributed by atoms with E-state index >= 15 is 0 Å². The van der Waals surface area contributed by atoms with Crippen LogP contribution in [0.15, 0.2) is 54.6 Å². The molecule has 0 aliphatic heterocycles. The number of alkyl halides is 3. The number of nitrogens with zero attached hydrogens (tertiary/aromatic N) is 3. The summed E-state index contributed by atoms with van der Waals surface area (Å²) in [5.41, 5.74) is -0.350. The van der Waals surface area contributed by atoms with Gasteiger partial charge in [0.1, 0.15) is 18.1 Å². The van der Waals surface area contributed by atoms with Crippen molar-refractivity contribution in [2.45, 2.75) is 32.4 Å². The van der Waals surface area contributed by atoms with Gasteiger partial charge >= 0.3 is 12.2 Å². The van der Waals surface area contributed by atoms with E-state index in [2.05, 4.69) is 15.7 Å². The number of ether oxygens (including phenoxy) is 2. The van der Waals surface area contributed by atoms with Gasteiger partial charge in [-0.05, 0) is 36.4 Å². The van der Waals surface area contributed by atoms with Crippen LogP contribution >= 0.6 is 0 Å². The zero-order chi connectivity index (χ0) is 28.8. The third-order valence-electron chi connectivity index (χ3n) is 5.72. The number of nitrogens with one attached hydrogen (secondary N) is 2. The second-order valence-corrected chi connectivity index (χ2v) is 9.71. The molecule has 3 rings (SSSR count). The zero-order valence-corrected chi connectivity index (χ0v) is 22.4. The van der Waals surface area contributed by atoms with Gasteiger partial charge in [-0.25, -0.2) is 9.48 Å². The molecule has 0 atom stereocenters. The average molecular weight is 548 g/mol. The zero-order valence-electron chi connectivity index (χ0n) is 22.4. The van der Waals surface area contributed by atoms with Crippen LogP contribution in [0.4, 0.5) is 29.5 Å². The fourth-order valence-corrected chi connectivity index (χ4v) is 3.60. The van der Waals surface area contributed by atoms with Crippen molar-refractivity contribution in [3.05, 3.63) is 65.9 Å². The summed E-state index contributed by atoms with van der Waals surface area (Å²) in [6.45, 7) is 5.54. The summed E-state index contributed by atoms with van der Waals surface area (Å²) in [6, 6.07) is 12.6. The third kappa shape index (κ3) is 7.73. The van der Waals surface area contributed by atoms with Gasteiger partial charge in [-0.3, -0.25) is 4.79 Å². The summed E-state index contributed by atoms with van der Waals surface area (Å²) in [7, 11) is 2.97. The maximum Gasteiger partial charge on any atom is 0.418 e. The number of aromatic nitrogens is 2. The molecule has 0 spiro atoms. The number of para-hydroxylation sites is 1. The number of hydrogen-bond acceptors (Lipinski definition) is 5. The highest BCUT2D eigenvalue weighted by molar-refractivity contribution is 5.97. The van der Waals surface area contributed by atoms with E-state index in [1.165, 1.54) is 19.2 Å². The van der Waals surface area contributed by atoms with Gasteiger partial charge in [0.05, 0.1) is 36.3 Å². The Kier molecular flexibility index (Phi) is 9.23. The molecule has 2 aromatic carbocycles. The lowest BCUT2D eigenvalue weighted by Gasteiger charge is -2.23. The molecule has 210 valence electrons. The molecule has 0 fully saturated rings. The average Bonchev–Trinajstić information content (AvgIpc) is 3.30. The van der Waals surface area contributed by atoms with Crippen LogP contribution in [0.25, 0.3) is 5.69 Å². The van der Waals surface area contributed by atoms with E-state index in [0.717, 1.165) is 17.0 Å². The largest absolute Gasteiger partial charge is 0.497 e. The van der Waals surface area contributed by atoms with Crippen LogP contribution < -0.4 is 15.4 Å². The molecule has 39 heavy (non-hydrogen) atoms. The molecule has 0 aliphatic rings. The first kappa shape index (κ1) is 29.5. The maximum absolute atomic E-state index is 13.4. The summed E-state index contributed by atoms with van der Waals surface area (Å²) in [5.74, 6) is 0.449. The molecule has 3 aromatic rings. The van der Waals surface area contributed by atoms with E-state index in [-0.39, 0.29) is 18.6 Å². The van der Waals surface area contributed by atoms with E-state index in [1.807, 2.05) is 20.8 Å². The Morgan fingerprint density at radius 1 is 1.00 bits per heavy atom. The first-order valence-electron chi connectivity index (χ1n) is 12.1. The van der Waals surface area contributed by atoms with Crippen LogP contribution in [0, 0.1) is 0 Å². The van der Waals surface area contributed by atoms with Crippen molar-refractivity contribution in [2.75, 3.05) is 44.5 Å². The summed E-state index contributed by atoms with van der Waals surface area (Å²) in [6.07, 6.45) is -4.66. The van der Waals surface area contributed by atoms with Gasteiger partial charge in [0, 0.05) is 25.1 Å². The van der Waals surface area contributed by atoms with E-state index < -0.39 is 35.9 Å². The molecule has 1 heterocycles. The molecular weight excluding hydrogens is 515 g/mol. The number of hydrogen-bond donors (Lipinski definition) is 2. The molecule has 0 unspecified atom stereocenters. The maximum atomic E-state index is 13.4. The topological polar surface area (TPSA) is 97.7 Å². The van der Waals surface area contributed by atoms with E-state index in [4.69, 9.17) is 9.47 Å². The van der Waals surface area contributed by atoms with Crippen LogP contribution in [-0.2, 0) is 21.1 Å². The number of methoxy groups -OCH3 is 2. The SMILES string of the molecule is COCCN(CC(=O)Nc1cc(C(C)(C)C)nn1-c1ccc(OC)cc1)C(=O)Nc1ccccc1C(F)(F)F. The van der Waals surface area contributed by atoms with Gasteiger partial charge in [0.2, 0.25) is 5.91 Å². The first-order valence-corrected chi connectivity index (χ1v) is 12.1. The highest BCUT2D eigenvalue weighted by Gasteiger charge is 2.34. The fourth-order valence-electron chi connectivity index (χ4n) is 3.60. The Balaban J connectivity index is 1.83. The Bertz CT molecular complexity index is 1280. The molecule has 0 saturated carbocycles. The van der Waals surface area contributed by atoms with Gasteiger partial charge < -0.3 is 25.0 Å². The predicted octanol–water partition coefficient (Wildman–Crippen LogP) is 5.32. The monoisotopic (exact) mass is 547 g/mol. The van der Waals surface area contributed by atoms with Gasteiger partial charge in [0.25, 0.3) is 0 Å². The summed E-state index contributed by atoms with van der Waals surface area (Å²) >= 11 is 0. The van der Waals surface area contributed by atoms with Crippen molar-refractivity contribution in [2.24, 2.45) is 0 Å². The van der Waals surface area contributed by atoms with Crippen molar-refractivity contribution in [3.8, 4) is 11.4 Å². The number of benzene rings is 2. The lowest BCUT2D eigenvalue weighted by molar-refractivity contribution is -0.137. The number of carbonyl (C=O) groups excluding carboxylic acids is 2. The lowest BCUT2D eigenvalue weighted by Crippen LogP contribution is -2.42. The number of carbonyl (C=O) groups is 2. The van der Waals surface area contributed by atoms with Crippen LogP contribution in [0.3, 0.4) is 0 Å². The highest BCUT2D eigenvalue weighted by atomic mass is 19.4. The number of rotatable bonds is 9. The first-order chi connectivity index (χ1) is 18.3. The number of urea groups is 1. The highest BCUT2D eigenvalue weighted by Crippen LogP contribution is 2.34. The van der Waals surface area contributed by atoms with Crippen molar-refractivity contribution in [3.63, 3.8) is 0 Å². The molecule has 0 saturated heterocycles. The Hall–Kier alpha value is -4.06. The number of halogens is 3. The van der Waals surface area contributed by atoms with Gasteiger partial charge in [0.15, 0.2) is 0 Å². The Morgan fingerprint density at radius 2 is 1.67 bits per heavy atom. The molecular formula is C27H32F3N5O4. The minimum Gasteiger partial charge on any atom is -0.497 e. The Labute approximate surface area is 224 Å². The van der Waals surface area contributed by atoms with Crippen LogP contribution in [0.5, 0.6) is 5.75 Å². The quantitative estimate of drug-likeness (QED) is 0.378. The molecule has 3 amide bonds. The van der Waals surface area contributed by atoms with Crippen LogP contribution in [0.2, 0.25) is 0 Å². The lowest BCUT2D eigenvalue weighted by atomic mass is 9.92. The minimum atomic E-state index is -4.66. The second-order valence-electron chi connectivity index (χ2n) is 9.71. The molecule has 0 bridgehead atoms. The van der Waals surface area contributed by atoms with Gasteiger partial charge in [-0.15, -0.1) is 0 Å². The predicted molar refractivity (Wildman–Crippen MR) is 141 cm³/mol. The summed E-state index contributed by atoms with van der Waals surface area (Å²) < 4.78 is 52.0. The molecule has 2 N–H and O–H groups in total. The molecule has 9 nitrogen and oxygen atoms in total. The summed E-state index contributed by atoms with van der Waals surface area (Å²) in [4.78, 5) is 27.1. The Morgan fingerprint density at radius 3 is 2.26 bits per heavy atom. The molecule has 12 heteroatoms. The van der Waals surface area contributed by atoms with Crippen LogP contribution in [0.1, 0.15) is 32.0 Å². The van der Waals surface area contributed by atoms with Gasteiger partial charge in [-0.2, -0.15) is 18.3 Å². The molecule has 1 aromatic heterocycles. The van der Waals surface area contributed by atoms with E-state index in [0.29, 0.717) is 22.9 Å². The van der Waals surface area contributed by atoms with Crippen molar-refractivity contribution >= 4 is 23.4 Å². The molecule has 0 radical (unpaired) electrons. The van der Waals surface area contributed by atoms with Gasteiger partial charge in [-0.1, -0.05) is 32.9 Å². The minimum absolute atomic E-state index is 0.0328. The van der Waals surface area contributed by atoms with Crippen molar-refractivity contribution < 1.29 is 32.2 Å². The standard InChI is InChI=1S/C27H32F3N5O4/c1-26(2,3)22-16-23(35(33-22)18-10-12-19(39-5)13-11-18)32-24(36)17-34(14-15-38-4)25(37)31-21-9-7-6-8-20(21)27(28,29)30/h6-13,16H,14-15,17H2,1-5H3,(H,31,37)(H,32,36). The van der Waals surface area contributed by atoms with Crippen LogP contribution in [-0.4, -0.2) is 60.5 Å². The number of anilines is 2. The van der Waals surface area contributed by atoms with Crippen molar-refractivity contribution in [1.29, 1.82) is 0 Å². The normalized spacial score (nSPS) is 11.7. The third-order valence-corrected chi connectivity index (χ3v) is 5.72. The fraction of sp³-hybridized carbons (Fsp3) is 0.370. The molecule has 0 aliphatic carbocycles.